The lowest BCUT2D eigenvalue weighted by Crippen LogP contribution is -2.45. The van der Waals surface area contributed by atoms with Gasteiger partial charge >= 0.3 is 5.97 Å². The molecule has 1 amide bonds. The molecule has 0 unspecified atom stereocenters. The fourth-order valence-electron chi connectivity index (χ4n) is 3.99. The summed E-state index contributed by atoms with van der Waals surface area (Å²) in [7, 11) is 1.45. The molecule has 1 saturated carbocycles. The van der Waals surface area contributed by atoms with Crippen molar-refractivity contribution in [3.8, 4) is 0 Å². The molecular formula is C19H26N2O3. The number of methoxy groups -OCH3 is 1. The highest BCUT2D eigenvalue weighted by Gasteiger charge is 2.39. The van der Waals surface area contributed by atoms with Crippen LogP contribution in [0.25, 0.3) is 0 Å². The van der Waals surface area contributed by atoms with Crippen LogP contribution in [0.5, 0.6) is 0 Å². The van der Waals surface area contributed by atoms with Crippen LogP contribution >= 0.6 is 0 Å². The molecule has 2 fully saturated rings. The summed E-state index contributed by atoms with van der Waals surface area (Å²) in [5, 5.41) is 3.53. The number of nitrogens with one attached hydrogen (secondary N) is 1. The minimum atomic E-state index is -0.125. The van der Waals surface area contributed by atoms with Crippen molar-refractivity contribution in [1.82, 2.24) is 5.32 Å². The molecule has 1 aromatic carbocycles. The maximum absolute atomic E-state index is 12.8. The summed E-state index contributed by atoms with van der Waals surface area (Å²) in [5.41, 5.74) is 0.966. The maximum Gasteiger partial charge on any atom is 0.308 e. The van der Waals surface area contributed by atoms with Gasteiger partial charge < -0.3 is 15.0 Å². The van der Waals surface area contributed by atoms with Gasteiger partial charge in [-0.1, -0.05) is 18.2 Å². The van der Waals surface area contributed by atoms with E-state index < -0.39 is 0 Å². The van der Waals surface area contributed by atoms with Crippen molar-refractivity contribution >= 4 is 17.6 Å². The van der Waals surface area contributed by atoms with Crippen LogP contribution in [0.15, 0.2) is 30.3 Å². The largest absolute Gasteiger partial charge is 0.469 e. The third kappa shape index (κ3) is 3.46. The predicted octanol–water partition coefficient (Wildman–Crippen LogP) is 2.50. The Balaban J connectivity index is 1.57. The number of anilines is 1. The number of ether oxygens (including phenoxy) is 1. The van der Waals surface area contributed by atoms with Crippen molar-refractivity contribution in [1.29, 1.82) is 0 Å². The van der Waals surface area contributed by atoms with Gasteiger partial charge in [-0.15, -0.1) is 0 Å². The monoisotopic (exact) mass is 330 g/mol. The normalized spacial score (nSPS) is 30.4. The minimum Gasteiger partial charge on any atom is -0.469 e. The summed E-state index contributed by atoms with van der Waals surface area (Å²) in [4.78, 5) is 26.3. The van der Waals surface area contributed by atoms with E-state index in [0.717, 1.165) is 37.8 Å². The van der Waals surface area contributed by atoms with E-state index in [-0.39, 0.29) is 29.9 Å². The maximum atomic E-state index is 12.8. The zero-order chi connectivity index (χ0) is 17.1. The van der Waals surface area contributed by atoms with E-state index in [1.807, 2.05) is 35.2 Å². The Kier molecular flexibility index (Phi) is 5.19. The van der Waals surface area contributed by atoms with E-state index in [1.54, 1.807) is 0 Å². The van der Waals surface area contributed by atoms with Crippen LogP contribution < -0.4 is 10.2 Å². The standard InChI is InChI=1S/C19H26N2O3/c1-13-12-17(18(22)21(13)16-6-4-3-5-7-16)20-15-10-8-14(9-11-15)19(23)24-2/h3-7,13-15,17,20H,8-12H2,1-2H3/t13-,14?,15?,17+/m0/s1. The van der Waals surface area contributed by atoms with Crippen LogP contribution in [0.1, 0.15) is 39.0 Å². The number of para-hydroxylation sites is 1. The highest BCUT2D eigenvalue weighted by molar-refractivity contribution is 6.00. The number of esters is 1. The molecule has 1 aromatic rings. The summed E-state index contributed by atoms with van der Waals surface area (Å²) in [6, 6.07) is 10.2. The summed E-state index contributed by atoms with van der Waals surface area (Å²) >= 11 is 0. The molecular weight excluding hydrogens is 304 g/mol. The van der Waals surface area contributed by atoms with Gasteiger partial charge in [-0.25, -0.2) is 0 Å². The fraction of sp³-hybridized carbons (Fsp3) is 0.579. The van der Waals surface area contributed by atoms with Crippen molar-refractivity contribution in [2.45, 2.75) is 57.2 Å². The highest BCUT2D eigenvalue weighted by Crippen LogP contribution is 2.29. The van der Waals surface area contributed by atoms with Gasteiger partial charge in [0, 0.05) is 17.8 Å². The summed E-state index contributed by atoms with van der Waals surface area (Å²) < 4.78 is 4.83. The third-order valence-corrected chi connectivity index (χ3v) is 5.29. The highest BCUT2D eigenvalue weighted by atomic mass is 16.5. The number of hydrogen-bond acceptors (Lipinski definition) is 4. The van der Waals surface area contributed by atoms with Crippen LogP contribution in [-0.4, -0.2) is 37.1 Å². The topological polar surface area (TPSA) is 58.6 Å². The zero-order valence-corrected chi connectivity index (χ0v) is 14.4. The SMILES string of the molecule is COC(=O)C1CCC(N[C@@H]2C[C@H](C)N(c3ccccc3)C2=O)CC1. The lowest BCUT2D eigenvalue weighted by molar-refractivity contribution is -0.146. The van der Waals surface area contributed by atoms with Gasteiger partial charge in [-0.3, -0.25) is 9.59 Å². The van der Waals surface area contributed by atoms with Gasteiger partial charge in [0.2, 0.25) is 5.91 Å². The molecule has 1 aliphatic heterocycles. The first kappa shape index (κ1) is 17.0. The Morgan fingerprint density at radius 3 is 2.46 bits per heavy atom. The molecule has 2 aliphatic rings. The molecule has 3 rings (SSSR count). The third-order valence-electron chi connectivity index (χ3n) is 5.29. The van der Waals surface area contributed by atoms with Gasteiger partial charge in [0.25, 0.3) is 0 Å². The van der Waals surface area contributed by atoms with Crippen LogP contribution in [0, 0.1) is 5.92 Å². The van der Waals surface area contributed by atoms with Crippen molar-refractivity contribution in [3.63, 3.8) is 0 Å². The molecule has 0 aromatic heterocycles. The molecule has 1 heterocycles. The van der Waals surface area contributed by atoms with Gasteiger partial charge in [0.15, 0.2) is 0 Å². The van der Waals surface area contributed by atoms with E-state index in [9.17, 15) is 9.59 Å². The Hall–Kier alpha value is -1.88. The van der Waals surface area contributed by atoms with Crippen LogP contribution in [0.3, 0.4) is 0 Å². The first-order valence-corrected chi connectivity index (χ1v) is 8.82. The summed E-state index contributed by atoms with van der Waals surface area (Å²) in [6.45, 7) is 2.10. The molecule has 1 aliphatic carbocycles. The molecule has 5 nitrogen and oxygen atoms in total. The molecule has 0 spiro atoms. The number of carbonyl (C=O) groups is 2. The summed E-state index contributed by atoms with van der Waals surface area (Å²) in [6.07, 6.45) is 4.34. The molecule has 1 N–H and O–H groups in total. The molecule has 1 saturated heterocycles. The van der Waals surface area contributed by atoms with Crippen molar-refractivity contribution in [2.75, 3.05) is 12.0 Å². The van der Waals surface area contributed by atoms with E-state index in [1.165, 1.54) is 7.11 Å². The Morgan fingerprint density at radius 2 is 1.83 bits per heavy atom. The van der Waals surface area contributed by atoms with Crippen LogP contribution in [0.4, 0.5) is 5.69 Å². The number of benzene rings is 1. The number of rotatable bonds is 4. The van der Waals surface area contributed by atoms with E-state index in [2.05, 4.69) is 12.2 Å². The van der Waals surface area contributed by atoms with Crippen molar-refractivity contribution in [2.24, 2.45) is 5.92 Å². The number of hydrogen-bond donors (Lipinski definition) is 1. The molecule has 5 heteroatoms. The average Bonchev–Trinajstić information content (AvgIpc) is 2.89. The van der Waals surface area contributed by atoms with Gasteiger partial charge in [0.05, 0.1) is 19.1 Å². The predicted molar refractivity (Wildman–Crippen MR) is 92.7 cm³/mol. The minimum absolute atomic E-state index is 0.0204. The number of nitrogens with zero attached hydrogens (tertiary/aromatic N) is 1. The Morgan fingerprint density at radius 1 is 1.17 bits per heavy atom. The van der Waals surface area contributed by atoms with Gasteiger partial charge in [-0.05, 0) is 51.2 Å². The fourth-order valence-corrected chi connectivity index (χ4v) is 3.99. The Bertz CT molecular complexity index is 582. The second-order valence-electron chi connectivity index (χ2n) is 6.92. The second kappa shape index (κ2) is 7.34. The molecule has 0 radical (unpaired) electrons. The van der Waals surface area contributed by atoms with Crippen LogP contribution in [0.2, 0.25) is 0 Å². The zero-order valence-electron chi connectivity index (χ0n) is 14.4. The number of amides is 1. The first-order valence-electron chi connectivity index (χ1n) is 8.82. The lowest BCUT2D eigenvalue weighted by Gasteiger charge is -2.29. The van der Waals surface area contributed by atoms with Gasteiger partial charge in [-0.2, -0.15) is 0 Å². The van der Waals surface area contributed by atoms with E-state index in [0.29, 0.717) is 6.04 Å². The molecule has 2 atom stereocenters. The van der Waals surface area contributed by atoms with Crippen LogP contribution in [-0.2, 0) is 14.3 Å². The molecule has 24 heavy (non-hydrogen) atoms. The molecule has 130 valence electrons. The second-order valence-corrected chi connectivity index (χ2v) is 6.92. The molecule has 0 bridgehead atoms. The summed E-state index contributed by atoms with van der Waals surface area (Å²) in [5.74, 6) is 0.0742. The lowest BCUT2D eigenvalue weighted by atomic mass is 9.85. The number of carbonyl (C=O) groups excluding carboxylic acids is 2. The van der Waals surface area contributed by atoms with E-state index in [4.69, 9.17) is 4.74 Å². The smallest absolute Gasteiger partial charge is 0.308 e. The first-order chi connectivity index (χ1) is 11.6. The van der Waals surface area contributed by atoms with Crippen molar-refractivity contribution < 1.29 is 14.3 Å². The Labute approximate surface area is 143 Å². The quantitative estimate of drug-likeness (QED) is 0.862. The van der Waals surface area contributed by atoms with Crippen molar-refractivity contribution in [3.05, 3.63) is 30.3 Å². The average molecular weight is 330 g/mol. The van der Waals surface area contributed by atoms with Gasteiger partial charge in [0.1, 0.15) is 0 Å². The van der Waals surface area contributed by atoms with E-state index >= 15 is 0 Å².